The van der Waals surface area contributed by atoms with Crippen LogP contribution in [-0.4, -0.2) is 33.1 Å². The van der Waals surface area contributed by atoms with E-state index in [9.17, 15) is 0 Å². The van der Waals surface area contributed by atoms with Gasteiger partial charge in [0.15, 0.2) is 5.65 Å². The van der Waals surface area contributed by atoms with Crippen molar-refractivity contribution in [1.29, 1.82) is 0 Å². The van der Waals surface area contributed by atoms with Crippen LogP contribution in [0.1, 0.15) is 25.8 Å². The highest BCUT2D eigenvalue weighted by Crippen LogP contribution is 2.20. The van der Waals surface area contributed by atoms with Crippen LogP contribution in [0.2, 0.25) is 0 Å². The van der Waals surface area contributed by atoms with Crippen LogP contribution in [0.15, 0.2) is 18.5 Å². The van der Waals surface area contributed by atoms with Crippen LogP contribution >= 0.6 is 11.6 Å². The Morgan fingerprint density at radius 2 is 2.17 bits per heavy atom. The van der Waals surface area contributed by atoms with Gasteiger partial charge in [-0.3, -0.25) is 0 Å². The lowest BCUT2D eigenvalue weighted by Crippen LogP contribution is -2.33. The van der Waals surface area contributed by atoms with Crippen molar-refractivity contribution in [2.45, 2.75) is 33.2 Å². The third-order valence-electron chi connectivity index (χ3n) is 2.95. The van der Waals surface area contributed by atoms with E-state index in [0.717, 1.165) is 24.4 Å². The number of aryl methyl sites for hydroxylation is 1. The molecule has 0 aliphatic carbocycles. The molecule has 0 spiro atoms. The molecule has 4 nitrogen and oxygen atoms in total. The molecule has 2 aromatic heterocycles. The quantitative estimate of drug-likeness (QED) is 0.781. The number of pyridine rings is 1. The number of halogens is 1. The highest BCUT2D eigenvalue weighted by molar-refractivity contribution is 6.17. The van der Waals surface area contributed by atoms with Gasteiger partial charge in [0.25, 0.3) is 0 Å². The molecule has 2 heterocycles. The lowest BCUT2D eigenvalue weighted by molar-refractivity contribution is 0.652. The maximum absolute atomic E-state index is 5.80. The third-order valence-corrected chi connectivity index (χ3v) is 3.22. The second-order valence-electron chi connectivity index (χ2n) is 4.75. The first-order valence-corrected chi connectivity index (χ1v) is 6.80. The van der Waals surface area contributed by atoms with Crippen molar-refractivity contribution in [2.75, 3.05) is 17.3 Å². The summed E-state index contributed by atoms with van der Waals surface area (Å²) < 4.78 is 1.89. The van der Waals surface area contributed by atoms with Gasteiger partial charge in [-0.25, -0.2) is 4.98 Å². The molecule has 0 aromatic carbocycles. The van der Waals surface area contributed by atoms with Gasteiger partial charge in [0.05, 0.1) is 0 Å². The fourth-order valence-corrected chi connectivity index (χ4v) is 2.23. The number of nitrogens with zero attached hydrogens (tertiary/aromatic N) is 4. The largest absolute Gasteiger partial charge is 0.354 e. The van der Waals surface area contributed by atoms with E-state index in [2.05, 4.69) is 41.8 Å². The summed E-state index contributed by atoms with van der Waals surface area (Å²) in [5.41, 5.74) is 2.09. The van der Waals surface area contributed by atoms with Crippen LogP contribution in [0, 0.1) is 6.92 Å². The summed E-state index contributed by atoms with van der Waals surface area (Å²) >= 11 is 5.80. The van der Waals surface area contributed by atoms with Crippen LogP contribution in [0.3, 0.4) is 0 Å². The predicted octanol–water partition coefficient (Wildman–Crippen LogP) is 2.88. The van der Waals surface area contributed by atoms with Crippen LogP contribution in [0.5, 0.6) is 0 Å². The number of alkyl halides is 1. The number of aromatic nitrogens is 3. The monoisotopic (exact) mass is 266 g/mol. The van der Waals surface area contributed by atoms with Gasteiger partial charge in [-0.05, 0) is 44.9 Å². The molecule has 0 fully saturated rings. The summed E-state index contributed by atoms with van der Waals surface area (Å²) in [4.78, 5) is 6.58. The molecule has 0 atom stereocenters. The molecule has 0 saturated heterocycles. The molecule has 5 heteroatoms. The van der Waals surface area contributed by atoms with E-state index in [4.69, 9.17) is 11.6 Å². The smallest absolute Gasteiger partial charge is 0.157 e. The Balaban J connectivity index is 2.45. The van der Waals surface area contributed by atoms with Gasteiger partial charge in [0.2, 0.25) is 0 Å². The normalized spacial score (nSPS) is 11.4. The third kappa shape index (κ3) is 2.58. The summed E-state index contributed by atoms with van der Waals surface area (Å²) in [6.07, 6.45) is 2.56. The van der Waals surface area contributed by atoms with Gasteiger partial charge in [-0.1, -0.05) is 0 Å². The van der Waals surface area contributed by atoms with Gasteiger partial charge in [0, 0.05) is 18.5 Å². The molecular weight excluding hydrogens is 248 g/mol. The van der Waals surface area contributed by atoms with Gasteiger partial charge in [0.1, 0.15) is 12.1 Å². The summed E-state index contributed by atoms with van der Waals surface area (Å²) in [6.45, 7) is 7.37. The topological polar surface area (TPSA) is 33.4 Å². The van der Waals surface area contributed by atoms with Crippen LogP contribution in [0.4, 0.5) is 5.82 Å². The Kier molecular flexibility index (Phi) is 4.07. The Bertz CT molecular complexity index is 521. The van der Waals surface area contributed by atoms with E-state index in [1.165, 1.54) is 5.56 Å². The zero-order valence-corrected chi connectivity index (χ0v) is 11.9. The number of rotatable bonds is 5. The molecule has 2 rings (SSSR count). The van der Waals surface area contributed by atoms with Crippen LogP contribution in [-0.2, 0) is 0 Å². The van der Waals surface area contributed by atoms with Crippen molar-refractivity contribution in [2.24, 2.45) is 0 Å². The molecule has 0 amide bonds. The molecule has 0 radical (unpaired) electrons. The lowest BCUT2D eigenvalue weighted by atomic mass is 10.2. The molecule has 98 valence electrons. The van der Waals surface area contributed by atoms with Gasteiger partial charge in [-0.2, -0.15) is 9.61 Å². The minimum atomic E-state index is 0.405. The van der Waals surface area contributed by atoms with Crippen LogP contribution < -0.4 is 4.90 Å². The number of hydrogen-bond donors (Lipinski definition) is 0. The predicted molar refractivity (Wildman–Crippen MR) is 75.5 cm³/mol. The molecule has 0 N–H and O–H groups in total. The fourth-order valence-electron chi connectivity index (χ4n) is 2.11. The minimum absolute atomic E-state index is 0.405. The minimum Gasteiger partial charge on any atom is -0.354 e. The van der Waals surface area contributed by atoms with Crippen molar-refractivity contribution < 1.29 is 0 Å². The molecule has 0 bridgehead atoms. The maximum Gasteiger partial charge on any atom is 0.157 e. The average molecular weight is 267 g/mol. The lowest BCUT2D eigenvalue weighted by Gasteiger charge is -2.29. The summed E-state index contributed by atoms with van der Waals surface area (Å²) in [5.74, 6) is 1.76. The van der Waals surface area contributed by atoms with Crippen molar-refractivity contribution in [3.05, 3.63) is 24.0 Å². The second kappa shape index (κ2) is 5.57. The second-order valence-corrected chi connectivity index (χ2v) is 5.13. The highest BCUT2D eigenvalue weighted by atomic mass is 35.5. The Labute approximate surface area is 113 Å². The van der Waals surface area contributed by atoms with E-state index in [0.29, 0.717) is 11.9 Å². The van der Waals surface area contributed by atoms with Gasteiger partial charge >= 0.3 is 0 Å². The Hall–Kier alpha value is -1.29. The maximum atomic E-state index is 5.80. The first kappa shape index (κ1) is 13.1. The van der Waals surface area contributed by atoms with Crippen molar-refractivity contribution >= 4 is 23.1 Å². The average Bonchev–Trinajstić information content (AvgIpc) is 2.76. The highest BCUT2D eigenvalue weighted by Gasteiger charge is 2.14. The van der Waals surface area contributed by atoms with Crippen molar-refractivity contribution in [3.8, 4) is 0 Å². The number of anilines is 1. The molecule has 18 heavy (non-hydrogen) atoms. The van der Waals surface area contributed by atoms with Crippen molar-refractivity contribution in [1.82, 2.24) is 14.6 Å². The molecule has 0 unspecified atom stereocenters. The van der Waals surface area contributed by atoms with E-state index in [-0.39, 0.29) is 0 Å². The number of fused-ring (bicyclic) bond motifs is 1. The standard InChI is InChI=1S/C13H19ClN4/c1-10(2)17(6-4-5-14)13-8-11(3)7-12-15-9-16-18(12)13/h7-10H,4-6H2,1-3H3. The Morgan fingerprint density at radius 1 is 1.39 bits per heavy atom. The van der Waals surface area contributed by atoms with Gasteiger partial charge < -0.3 is 4.90 Å². The molecule has 2 aromatic rings. The zero-order valence-electron chi connectivity index (χ0n) is 11.1. The summed E-state index contributed by atoms with van der Waals surface area (Å²) in [5, 5.41) is 4.30. The van der Waals surface area contributed by atoms with E-state index < -0.39 is 0 Å². The van der Waals surface area contributed by atoms with Gasteiger partial charge in [-0.15, -0.1) is 11.6 Å². The number of hydrogen-bond acceptors (Lipinski definition) is 3. The van der Waals surface area contributed by atoms with E-state index >= 15 is 0 Å². The van der Waals surface area contributed by atoms with E-state index in [1.807, 2.05) is 10.6 Å². The first-order chi connectivity index (χ1) is 8.63. The Morgan fingerprint density at radius 3 is 2.83 bits per heavy atom. The molecular formula is C13H19ClN4. The molecule has 0 aliphatic heterocycles. The van der Waals surface area contributed by atoms with Crippen LogP contribution in [0.25, 0.3) is 5.65 Å². The summed E-state index contributed by atoms with van der Waals surface area (Å²) in [7, 11) is 0. The van der Waals surface area contributed by atoms with E-state index in [1.54, 1.807) is 6.33 Å². The zero-order chi connectivity index (χ0) is 13.1. The van der Waals surface area contributed by atoms with Crippen molar-refractivity contribution in [3.63, 3.8) is 0 Å². The molecule has 0 aliphatic rings. The SMILES string of the molecule is Cc1cc(N(CCCCl)C(C)C)n2ncnc2c1. The molecule has 0 saturated carbocycles. The first-order valence-electron chi connectivity index (χ1n) is 6.26. The fraction of sp³-hybridized carbons (Fsp3) is 0.538. The summed E-state index contributed by atoms with van der Waals surface area (Å²) in [6, 6.07) is 4.59.